The van der Waals surface area contributed by atoms with Crippen LogP contribution < -0.4 is 5.32 Å². The minimum atomic E-state index is -4.51. The molecule has 0 fully saturated rings. The summed E-state index contributed by atoms with van der Waals surface area (Å²) in [6, 6.07) is 13.5. The van der Waals surface area contributed by atoms with Crippen LogP contribution in [0.5, 0.6) is 0 Å². The predicted molar refractivity (Wildman–Crippen MR) is 136 cm³/mol. The normalized spacial score (nSPS) is 12.9. The van der Waals surface area contributed by atoms with Crippen LogP contribution in [0.25, 0.3) is 10.2 Å². The highest BCUT2D eigenvalue weighted by Crippen LogP contribution is 2.30. The van der Waals surface area contributed by atoms with E-state index >= 15 is 0 Å². The molecule has 0 aliphatic heterocycles. The summed E-state index contributed by atoms with van der Waals surface area (Å²) in [5.41, 5.74) is 0.376. The molecule has 1 aromatic heterocycles. The first-order chi connectivity index (χ1) is 17.9. The van der Waals surface area contributed by atoms with E-state index in [0.717, 1.165) is 35.6 Å². The molecular formula is C26H21F3N2O5S2. The first-order valence-electron chi connectivity index (χ1n) is 11.3. The van der Waals surface area contributed by atoms with Crippen LogP contribution in [0.1, 0.15) is 49.8 Å². The van der Waals surface area contributed by atoms with Crippen LogP contribution in [0.4, 0.5) is 13.2 Å². The lowest BCUT2D eigenvalue weighted by Gasteiger charge is -2.17. The van der Waals surface area contributed by atoms with Gasteiger partial charge in [-0.25, -0.2) is 13.4 Å². The van der Waals surface area contributed by atoms with Crippen LogP contribution in [0.15, 0.2) is 71.6 Å². The molecule has 0 spiro atoms. The number of sulfone groups is 1. The number of nitrogens with one attached hydrogen (secondary N) is 1. The maximum atomic E-state index is 12.9. The Morgan fingerprint density at radius 1 is 1.00 bits per heavy atom. The minimum absolute atomic E-state index is 0.0514. The van der Waals surface area contributed by atoms with E-state index in [0.29, 0.717) is 15.8 Å². The van der Waals surface area contributed by atoms with Crippen molar-refractivity contribution >= 4 is 43.1 Å². The second-order valence-electron chi connectivity index (χ2n) is 8.29. The average Bonchev–Trinajstić information content (AvgIpc) is 3.34. The number of aromatic nitrogens is 1. The number of carbonyl (C=O) groups excluding carboxylic acids is 2. The number of halogens is 3. The number of alkyl halides is 3. The number of thiazole rings is 1. The van der Waals surface area contributed by atoms with Gasteiger partial charge >= 0.3 is 6.18 Å². The molecular weight excluding hydrogens is 541 g/mol. The quantitative estimate of drug-likeness (QED) is 0.298. The minimum Gasteiger partial charge on any atom is -0.394 e. The summed E-state index contributed by atoms with van der Waals surface area (Å²) in [6.07, 6.45) is -4.51. The van der Waals surface area contributed by atoms with Crippen molar-refractivity contribution in [3.63, 3.8) is 0 Å². The van der Waals surface area contributed by atoms with Gasteiger partial charge in [0.1, 0.15) is 0 Å². The molecule has 0 aliphatic rings. The average molecular weight is 563 g/mol. The molecule has 0 aliphatic carbocycles. The van der Waals surface area contributed by atoms with E-state index in [-0.39, 0.29) is 26.8 Å². The molecule has 0 radical (unpaired) electrons. The summed E-state index contributed by atoms with van der Waals surface area (Å²) in [5, 5.41) is 12.6. The van der Waals surface area contributed by atoms with E-state index < -0.39 is 45.9 Å². The van der Waals surface area contributed by atoms with Gasteiger partial charge in [-0.15, -0.1) is 11.3 Å². The Morgan fingerprint density at radius 3 is 2.21 bits per heavy atom. The Labute approximate surface area is 219 Å². The third kappa shape index (κ3) is 5.77. The van der Waals surface area contributed by atoms with Crippen LogP contribution in [-0.4, -0.2) is 42.6 Å². The van der Waals surface area contributed by atoms with Crippen LogP contribution in [0, 0.1) is 0 Å². The van der Waals surface area contributed by atoms with Gasteiger partial charge in [-0.2, -0.15) is 13.2 Å². The summed E-state index contributed by atoms with van der Waals surface area (Å²) in [4.78, 5) is 30.0. The second kappa shape index (κ2) is 10.6. The van der Waals surface area contributed by atoms with Crippen molar-refractivity contribution in [2.75, 3.05) is 12.4 Å². The van der Waals surface area contributed by atoms with E-state index in [1.54, 1.807) is 6.07 Å². The number of benzene rings is 3. The number of aliphatic hydroxyl groups is 1. The van der Waals surface area contributed by atoms with Crippen molar-refractivity contribution in [2.45, 2.75) is 24.0 Å². The van der Waals surface area contributed by atoms with E-state index in [4.69, 9.17) is 0 Å². The Morgan fingerprint density at radius 2 is 1.63 bits per heavy atom. The first kappa shape index (κ1) is 27.4. The molecule has 1 heterocycles. The monoisotopic (exact) mass is 562 g/mol. The topological polar surface area (TPSA) is 113 Å². The smallest absolute Gasteiger partial charge is 0.394 e. The SMILES string of the molecule is CCS(=O)(=O)c1ccc(C(CO)NC(=O)c2ccc3nc(C(=O)c4ccc(C(F)(F)F)cc4)sc3c2)cc1. The summed E-state index contributed by atoms with van der Waals surface area (Å²) < 4.78 is 62.9. The molecule has 4 rings (SSSR count). The fourth-order valence-corrected chi connectivity index (χ4v) is 5.50. The van der Waals surface area contributed by atoms with Crippen LogP contribution >= 0.6 is 11.3 Å². The van der Waals surface area contributed by atoms with E-state index in [9.17, 15) is 36.3 Å². The first-order valence-corrected chi connectivity index (χ1v) is 13.8. The van der Waals surface area contributed by atoms with Crippen LogP contribution in [-0.2, 0) is 16.0 Å². The Hall–Kier alpha value is -3.61. The Balaban J connectivity index is 1.52. The number of rotatable bonds is 8. The second-order valence-corrected chi connectivity index (χ2v) is 11.6. The number of aliphatic hydroxyl groups excluding tert-OH is 1. The summed E-state index contributed by atoms with van der Waals surface area (Å²) in [6.45, 7) is 1.10. The van der Waals surface area contributed by atoms with E-state index in [2.05, 4.69) is 10.3 Å². The molecule has 0 saturated carbocycles. The fraction of sp³-hybridized carbons (Fsp3) is 0.192. The van der Waals surface area contributed by atoms with Gasteiger partial charge < -0.3 is 10.4 Å². The zero-order valence-corrected chi connectivity index (χ0v) is 21.5. The zero-order chi connectivity index (χ0) is 27.7. The van der Waals surface area contributed by atoms with Gasteiger partial charge in [0.25, 0.3) is 5.91 Å². The molecule has 1 atom stereocenters. The van der Waals surface area contributed by atoms with Gasteiger partial charge in [0.2, 0.25) is 5.78 Å². The molecule has 4 aromatic rings. The molecule has 7 nitrogen and oxygen atoms in total. The summed E-state index contributed by atoms with van der Waals surface area (Å²) in [5.74, 6) is -1.11. The molecule has 0 saturated heterocycles. The lowest BCUT2D eigenvalue weighted by atomic mass is 10.1. The van der Waals surface area contributed by atoms with Gasteiger partial charge in [-0.1, -0.05) is 31.2 Å². The Bertz CT molecular complexity index is 1600. The third-order valence-corrected chi connectivity index (χ3v) is 8.60. The molecule has 38 heavy (non-hydrogen) atoms. The van der Waals surface area contributed by atoms with E-state index in [1.807, 2.05) is 0 Å². The van der Waals surface area contributed by atoms with Crippen LogP contribution in [0.2, 0.25) is 0 Å². The number of fused-ring (bicyclic) bond motifs is 1. The standard InChI is InChI=1S/C26H21F3N2O5S2/c1-2-38(35,36)19-10-5-15(6-11-19)21(14-32)30-24(34)17-7-12-20-22(13-17)37-25(31-20)23(33)16-3-8-18(9-4-16)26(27,28)29/h3-13,21,32H,2,14H2,1H3,(H,30,34). The lowest BCUT2D eigenvalue weighted by Crippen LogP contribution is -2.30. The number of hydrogen-bond donors (Lipinski definition) is 2. The van der Waals surface area contributed by atoms with Gasteiger partial charge in [0, 0.05) is 11.1 Å². The van der Waals surface area contributed by atoms with Crippen molar-refractivity contribution in [2.24, 2.45) is 0 Å². The molecule has 1 amide bonds. The van der Waals surface area contributed by atoms with Gasteiger partial charge in [0.15, 0.2) is 14.8 Å². The highest BCUT2D eigenvalue weighted by Gasteiger charge is 2.30. The van der Waals surface area contributed by atoms with Gasteiger partial charge in [-0.05, 0) is 48.0 Å². The predicted octanol–water partition coefficient (Wildman–Crippen LogP) is 4.80. The van der Waals surface area contributed by atoms with Crippen molar-refractivity contribution in [1.82, 2.24) is 10.3 Å². The van der Waals surface area contributed by atoms with Crippen LogP contribution in [0.3, 0.4) is 0 Å². The highest BCUT2D eigenvalue weighted by atomic mass is 32.2. The van der Waals surface area contributed by atoms with Crippen molar-refractivity contribution in [3.05, 3.63) is 94.0 Å². The molecule has 0 bridgehead atoms. The molecule has 198 valence electrons. The molecule has 3 aromatic carbocycles. The van der Waals surface area contributed by atoms with Gasteiger partial charge in [0.05, 0.1) is 39.1 Å². The van der Waals surface area contributed by atoms with Crippen molar-refractivity contribution in [3.8, 4) is 0 Å². The number of ketones is 1. The molecule has 12 heteroatoms. The highest BCUT2D eigenvalue weighted by molar-refractivity contribution is 7.91. The molecule has 1 unspecified atom stereocenters. The summed E-state index contributed by atoms with van der Waals surface area (Å²) >= 11 is 0.999. The zero-order valence-electron chi connectivity index (χ0n) is 19.8. The fourth-order valence-electron chi connectivity index (χ4n) is 3.65. The summed E-state index contributed by atoms with van der Waals surface area (Å²) in [7, 11) is -3.39. The number of hydrogen-bond acceptors (Lipinski definition) is 7. The number of nitrogens with zero attached hydrogens (tertiary/aromatic N) is 1. The number of carbonyl (C=O) groups is 2. The molecule has 2 N–H and O–H groups in total. The third-order valence-electron chi connectivity index (χ3n) is 5.83. The van der Waals surface area contributed by atoms with E-state index in [1.165, 1.54) is 43.3 Å². The largest absolute Gasteiger partial charge is 0.416 e. The number of amides is 1. The Kier molecular flexibility index (Phi) is 7.68. The lowest BCUT2D eigenvalue weighted by molar-refractivity contribution is -0.137. The van der Waals surface area contributed by atoms with Crippen molar-refractivity contribution in [1.29, 1.82) is 0 Å². The van der Waals surface area contributed by atoms with Crippen molar-refractivity contribution < 1.29 is 36.3 Å². The maximum absolute atomic E-state index is 12.9. The van der Waals surface area contributed by atoms with Gasteiger partial charge in [-0.3, -0.25) is 9.59 Å². The maximum Gasteiger partial charge on any atom is 0.416 e.